The molecule has 0 aromatic rings. The van der Waals surface area contributed by atoms with Gasteiger partial charge in [0.15, 0.2) is 0 Å². The molecule has 0 saturated carbocycles. The van der Waals surface area contributed by atoms with Gasteiger partial charge in [-0.1, -0.05) is 271 Å². The number of hydrogen-bond acceptors (Lipinski definition) is 15. The van der Waals surface area contributed by atoms with Crippen LogP contribution in [0, 0.1) is 0 Å². The van der Waals surface area contributed by atoms with E-state index < -0.39 is 84.2 Å². The van der Waals surface area contributed by atoms with E-state index in [1.54, 1.807) is 0 Å². The first-order chi connectivity index (χ1) is 38.5. The third kappa shape index (κ3) is 34.3. The number of esters is 4. The van der Waals surface area contributed by atoms with E-state index in [1.165, 1.54) is 226 Å². The summed E-state index contributed by atoms with van der Waals surface area (Å²) in [6, 6.07) is 0. The van der Waals surface area contributed by atoms with Gasteiger partial charge in [-0.25, -0.2) is 14.4 Å². The summed E-state index contributed by atoms with van der Waals surface area (Å²) in [6.07, 6.45) is 48.8. The summed E-state index contributed by atoms with van der Waals surface area (Å²) in [6.45, 7) is 9.48. The lowest BCUT2D eigenvalue weighted by Gasteiger charge is -2.14. The van der Waals surface area contributed by atoms with Crippen molar-refractivity contribution < 1.29 is 82.4 Å². The van der Waals surface area contributed by atoms with Gasteiger partial charge in [-0.15, -0.1) is 0 Å². The molecular formula is C63H114O17. The Morgan fingerprint density at radius 1 is 0.375 bits per heavy atom. The summed E-state index contributed by atoms with van der Waals surface area (Å²) in [7, 11) is 0. The van der Waals surface area contributed by atoms with E-state index in [4.69, 9.17) is 48.5 Å². The zero-order valence-corrected chi connectivity index (χ0v) is 51.0. The van der Waals surface area contributed by atoms with Gasteiger partial charge in [0.25, 0.3) is 0 Å². The van der Waals surface area contributed by atoms with Crippen molar-refractivity contribution in [2.75, 3.05) is 13.2 Å². The fraction of sp³-hybridized carbons (Fsp3) is 0.905. The molecule has 3 saturated heterocycles. The third-order valence-corrected chi connectivity index (χ3v) is 15.1. The average Bonchev–Trinajstić information content (AvgIpc) is 4.39. The molecule has 17 heteroatoms. The van der Waals surface area contributed by atoms with Crippen LogP contribution in [0.3, 0.4) is 0 Å². The molecule has 468 valence electrons. The van der Waals surface area contributed by atoms with Crippen molar-refractivity contribution in [1.82, 2.24) is 0 Å². The third-order valence-electron chi connectivity index (χ3n) is 15.1. The maximum Gasteiger partial charge on any atom is 0.382 e. The van der Waals surface area contributed by atoms with Gasteiger partial charge < -0.3 is 53.6 Å². The van der Waals surface area contributed by atoms with Gasteiger partial charge >= 0.3 is 53.2 Å². The number of carbonyl (C=O) groups is 6. The van der Waals surface area contributed by atoms with E-state index in [0.717, 1.165) is 44.9 Å². The molecule has 4 N–H and O–H groups in total. The second-order valence-electron chi connectivity index (χ2n) is 22.7. The van der Waals surface area contributed by atoms with Crippen LogP contribution >= 0.6 is 0 Å². The highest BCUT2D eigenvalue weighted by atomic mass is 16.8. The van der Waals surface area contributed by atoms with Crippen molar-refractivity contribution in [2.45, 2.75) is 353 Å². The van der Waals surface area contributed by atoms with Crippen LogP contribution in [-0.2, 0) is 61.9 Å². The zero-order valence-electron chi connectivity index (χ0n) is 51.0. The zero-order chi connectivity index (χ0) is 59.3. The summed E-state index contributed by atoms with van der Waals surface area (Å²) in [4.78, 5) is 67.8. The van der Waals surface area contributed by atoms with E-state index in [0.29, 0.717) is 19.3 Å². The number of rotatable bonds is 51. The largest absolute Gasteiger partial charge is 0.476 e. The lowest BCUT2D eigenvalue weighted by molar-refractivity contribution is -0.182. The Morgan fingerprint density at radius 3 is 0.812 bits per heavy atom. The van der Waals surface area contributed by atoms with Crippen LogP contribution in [0.4, 0.5) is 0 Å². The van der Waals surface area contributed by atoms with Crippen molar-refractivity contribution >= 4 is 35.8 Å². The number of carboxylic acid groups (broad SMARTS) is 2. The number of aliphatic carboxylic acids is 2. The van der Waals surface area contributed by atoms with Crippen LogP contribution in [0.15, 0.2) is 0 Å². The SMILES string of the molecule is CCCCCCCCCCCCCCCC1OC1(OC(C)=O)C(=O)O.CCCCCCCCCCCCCCCC1OC1(OC(C)=O)C(=O)O.CCCCCCCCCCCCCCCC1OC1(OC(C)=O)C(=O)OCC(O)CO. The molecule has 0 radical (unpaired) electrons. The molecule has 3 aliphatic rings. The maximum absolute atomic E-state index is 12.2. The first kappa shape index (κ1) is 74.6. The van der Waals surface area contributed by atoms with Gasteiger partial charge in [-0.3, -0.25) is 14.4 Å². The van der Waals surface area contributed by atoms with Crippen LogP contribution < -0.4 is 0 Å². The van der Waals surface area contributed by atoms with Gasteiger partial charge in [0.2, 0.25) is 0 Å². The van der Waals surface area contributed by atoms with E-state index in [2.05, 4.69) is 20.8 Å². The highest BCUT2D eigenvalue weighted by Gasteiger charge is 2.69. The first-order valence-electron chi connectivity index (χ1n) is 32.1. The van der Waals surface area contributed by atoms with Crippen LogP contribution in [0.5, 0.6) is 0 Å². The fourth-order valence-electron chi connectivity index (χ4n) is 10.2. The Morgan fingerprint density at radius 2 is 0.588 bits per heavy atom. The molecule has 0 aromatic heterocycles. The number of aliphatic hydroxyl groups excluding tert-OH is 2. The minimum absolute atomic E-state index is 0.368. The Kier molecular flexibility index (Phi) is 43.0. The molecule has 0 aromatic carbocycles. The Bertz CT molecular complexity index is 1570. The predicted octanol–water partition coefficient (Wildman–Crippen LogP) is 14.4. The van der Waals surface area contributed by atoms with Crippen molar-refractivity contribution in [3.05, 3.63) is 0 Å². The Hall–Kier alpha value is -3.38. The number of unbranched alkanes of at least 4 members (excludes halogenated alkanes) is 36. The summed E-state index contributed by atoms with van der Waals surface area (Å²) < 4.78 is 35.3. The number of hydrogen-bond donors (Lipinski definition) is 4. The smallest absolute Gasteiger partial charge is 0.382 e. The average molecular weight is 1140 g/mol. The van der Waals surface area contributed by atoms with E-state index in [9.17, 15) is 33.9 Å². The highest BCUT2D eigenvalue weighted by Crippen LogP contribution is 2.44. The van der Waals surface area contributed by atoms with Crippen molar-refractivity contribution in [2.24, 2.45) is 0 Å². The maximum atomic E-state index is 12.2. The lowest BCUT2D eigenvalue weighted by atomic mass is 10.0. The Balaban J connectivity index is 0.000000604. The lowest BCUT2D eigenvalue weighted by Crippen LogP contribution is -2.36. The second kappa shape index (κ2) is 46.1. The number of carbonyl (C=O) groups excluding carboxylic acids is 4. The van der Waals surface area contributed by atoms with Gasteiger partial charge in [-0.2, -0.15) is 0 Å². The van der Waals surface area contributed by atoms with Crippen molar-refractivity contribution in [3.8, 4) is 0 Å². The fourth-order valence-corrected chi connectivity index (χ4v) is 10.2. The molecule has 7 unspecified atom stereocenters. The normalized spacial score (nSPS) is 21.7. The van der Waals surface area contributed by atoms with Crippen LogP contribution in [0.2, 0.25) is 0 Å². The summed E-state index contributed by atoms with van der Waals surface area (Å²) in [5, 5.41) is 36.3. The van der Waals surface area contributed by atoms with Gasteiger partial charge in [0, 0.05) is 20.8 Å². The summed E-state index contributed by atoms with van der Waals surface area (Å²) >= 11 is 0. The van der Waals surface area contributed by atoms with Crippen molar-refractivity contribution in [1.29, 1.82) is 0 Å². The number of epoxide rings is 3. The van der Waals surface area contributed by atoms with E-state index >= 15 is 0 Å². The van der Waals surface area contributed by atoms with Crippen LogP contribution in [0.25, 0.3) is 0 Å². The molecule has 0 amide bonds. The predicted molar refractivity (Wildman–Crippen MR) is 308 cm³/mol. The minimum atomic E-state index is -1.71. The molecule has 0 aliphatic carbocycles. The Labute approximate surface area is 482 Å². The molecule has 3 aliphatic heterocycles. The van der Waals surface area contributed by atoms with E-state index in [-0.39, 0.29) is 6.61 Å². The summed E-state index contributed by atoms with van der Waals surface area (Å²) in [5.74, 6) is -10.2. The van der Waals surface area contributed by atoms with Crippen LogP contribution in [0.1, 0.15) is 311 Å². The minimum Gasteiger partial charge on any atom is -0.476 e. The molecule has 17 nitrogen and oxygen atoms in total. The van der Waals surface area contributed by atoms with Crippen molar-refractivity contribution in [3.63, 3.8) is 0 Å². The monoisotopic (exact) mass is 1140 g/mol. The topological polar surface area (TPSA) is 258 Å². The number of ether oxygens (including phenoxy) is 7. The molecule has 3 heterocycles. The number of carboxylic acids is 2. The van der Waals surface area contributed by atoms with E-state index in [1.807, 2.05) is 0 Å². The van der Waals surface area contributed by atoms with Gasteiger partial charge in [-0.05, 0) is 19.3 Å². The first-order valence-corrected chi connectivity index (χ1v) is 32.1. The number of aliphatic hydroxyl groups is 2. The molecule has 3 rings (SSSR count). The second-order valence-corrected chi connectivity index (χ2v) is 22.7. The van der Waals surface area contributed by atoms with Gasteiger partial charge in [0.1, 0.15) is 31.0 Å². The molecule has 80 heavy (non-hydrogen) atoms. The molecule has 0 spiro atoms. The summed E-state index contributed by atoms with van der Waals surface area (Å²) in [5.41, 5.74) is 0. The molecular weight excluding hydrogens is 1030 g/mol. The molecule has 7 atom stereocenters. The highest BCUT2D eigenvalue weighted by molar-refractivity contribution is 5.85. The van der Waals surface area contributed by atoms with Gasteiger partial charge in [0.05, 0.1) is 6.61 Å². The molecule has 3 fully saturated rings. The van der Waals surface area contributed by atoms with Crippen LogP contribution in [-0.4, -0.2) is 111 Å². The quantitative estimate of drug-likeness (QED) is 0.0191. The molecule has 0 bridgehead atoms. The standard InChI is InChI=1S/C23H42O7.2C20H36O5/c1-3-4-5-6-7-8-9-10-11-12-13-14-15-16-21-23(30-21,29-19(2)25)22(27)28-18-20(26)17-24;2*1-3-4-5-6-7-8-9-10-11-12-13-14-15-16-18-20(25-18,19(22)23)24-17(2)21/h20-21,24,26H,3-18H2,1-2H3;2*18H,3-16H2,1-2H3,(H,22,23).